The fourth-order valence-corrected chi connectivity index (χ4v) is 8.24. The number of hydrogen-bond donors (Lipinski definition) is 0. The zero-order chi connectivity index (χ0) is 52.9. The Kier molecular flexibility index (Phi) is 57.4. The normalized spacial score (nSPS) is 12.9. The Morgan fingerprint density at radius 1 is 0.288 bits per heavy atom. The molecule has 1 atom stereocenters. The zero-order valence-electron chi connectivity index (χ0n) is 47.6. The number of carbonyl (C=O) groups is 3. The molecule has 73 heavy (non-hydrogen) atoms. The van der Waals surface area contributed by atoms with Gasteiger partial charge in [0.15, 0.2) is 6.10 Å². The molecule has 416 valence electrons. The third-order valence-corrected chi connectivity index (χ3v) is 12.7. The Labute approximate surface area is 450 Å². The molecule has 0 aliphatic carbocycles. The minimum atomic E-state index is -0.793. The van der Waals surface area contributed by atoms with E-state index >= 15 is 0 Å². The summed E-state index contributed by atoms with van der Waals surface area (Å²) in [5.41, 5.74) is 0. The largest absolute Gasteiger partial charge is 0.462 e. The number of ether oxygens (including phenoxy) is 3. The van der Waals surface area contributed by atoms with Gasteiger partial charge in [0.1, 0.15) is 13.2 Å². The van der Waals surface area contributed by atoms with E-state index in [0.717, 1.165) is 128 Å². The van der Waals surface area contributed by atoms with Crippen LogP contribution in [0.15, 0.2) is 109 Å². The van der Waals surface area contributed by atoms with Crippen molar-refractivity contribution in [1.29, 1.82) is 0 Å². The van der Waals surface area contributed by atoms with E-state index in [1.54, 1.807) is 0 Å². The van der Waals surface area contributed by atoms with Gasteiger partial charge in [0, 0.05) is 19.3 Å². The van der Waals surface area contributed by atoms with Crippen molar-refractivity contribution >= 4 is 17.9 Å². The van der Waals surface area contributed by atoms with Gasteiger partial charge in [0.2, 0.25) is 0 Å². The highest BCUT2D eigenvalue weighted by Gasteiger charge is 2.19. The van der Waals surface area contributed by atoms with Crippen molar-refractivity contribution in [2.75, 3.05) is 13.2 Å². The first-order valence-corrected chi connectivity index (χ1v) is 30.4. The number of esters is 3. The Hall–Kier alpha value is -3.93. The van der Waals surface area contributed by atoms with E-state index < -0.39 is 6.10 Å². The van der Waals surface area contributed by atoms with Gasteiger partial charge in [-0.05, 0) is 122 Å². The molecule has 0 saturated carbocycles. The summed E-state index contributed by atoms with van der Waals surface area (Å²) in [6.07, 6.45) is 82.2. The second-order valence-electron chi connectivity index (χ2n) is 19.8. The molecule has 0 saturated heterocycles. The molecule has 0 radical (unpaired) electrons. The molecule has 0 aromatic rings. The van der Waals surface area contributed by atoms with E-state index in [-0.39, 0.29) is 31.1 Å². The summed E-state index contributed by atoms with van der Waals surface area (Å²) >= 11 is 0. The van der Waals surface area contributed by atoms with Crippen molar-refractivity contribution in [2.45, 2.75) is 284 Å². The standard InChI is InChI=1S/C67H112O6/c1-4-7-10-13-16-19-22-25-27-29-31-32-33-34-36-37-39-42-45-48-51-54-57-60-66(69)72-63-64(62-71-65(68)59-56-53-50-47-44-41-24-21-18-15-12-9-6-3)73-67(70)61-58-55-52-49-46-43-40-38-35-30-28-26-23-20-17-14-11-8-5-2/h7-8,10-11,16-17,19-21,24-28,31-32,35,38,64H,4-6,9,12-15,18,22-23,29-30,33-34,36-37,39-63H2,1-3H3/b10-7-,11-8-,19-16-,20-17-,24-21-,27-25-,28-26-,32-31-,38-35-. The lowest BCUT2D eigenvalue weighted by Gasteiger charge is -2.18. The fraction of sp³-hybridized carbons (Fsp3) is 0.687. The van der Waals surface area contributed by atoms with Gasteiger partial charge in [-0.25, -0.2) is 0 Å². The highest BCUT2D eigenvalue weighted by atomic mass is 16.6. The first-order chi connectivity index (χ1) is 36.0. The monoisotopic (exact) mass is 1010 g/mol. The fourth-order valence-electron chi connectivity index (χ4n) is 8.24. The molecule has 0 heterocycles. The predicted molar refractivity (Wildman–Crippen MR) is 316 cm³/mol. The molecular formula is C67H112O6. The van der Waals surface area contributed by atoms with Crippen molar-refractivity contribution in [3.8, 4) is 0 Å². The molecule has 6 heteroatoms. The molecular weight excluding hydrogens is 901 g/mol. The lowest BCUT2D eigenvalue weighted by molar-refractivity contribution is -0.167. The molecule has 0 fully saturated rings. The summed E-state index contributed by atoms with van der Waals surface area (Å²) in [5.74, 6) is -0.912. The van der Waals surface area contributed by atoms with Crippen LogP contribution < -0.4 is 0 Å². The van der Waals surface area contributed by atoms with E-state index in [1.165, 1.54) is 109 Å². The Morgan fingerprint density at radius 2 is 0.534 bits per heavy atom. The van der Waals surface area contributed by atoms with E-state index in [1.807, 2.05) is 0 Å². The molecule has 0 aromatic carbocycles. The maximum absolute atomic E-state index is 12.9. The lowest BCUT2D eigenvalue weighted by atomic mass is 10.1. The number of allylic oxidation sites excluding steroid dienone is 18. The van der Waals surface area contributed by atoms with Crippen LogP contribution in [-0.4, -0.2) is 37.2 Å². The van der Waals surface area contributed by atoms with Gasteiger partial charge in [-0.15, -0.1) is 0 Å². The summed E-state index contributed by atoms with van der Waals surface area (Å²) in [7, 11) is 0. The van der Waals surface area contributed by atoms with Gasteiger partial charge >= 0.3 is 17.9 Å². The maximum Gasteiger partial charge on any atom is 0.306 e. The van der Waals surface area contributed by atoms with Gasteiger partial charge < -0.3 is 14.2 Å². The molecule has 0 bridgehead atoms. The molecule has 0 rings (SSSR count). The van der Waals surface area contributed by atoms with Crippen LogP contribution in [0.1, 0.15) is 278 Å². The first kappa shape index (κ1) is 69.1. The van der Waals surface area contributed by atoms with Crippen LogP contribution in [0.3, 0.4) is 0 Å². The second-order valence-corrected chi connectivity index (χ2v) is 19.8. The van der Waals surface area contributed by atoms with Gasteiger partial charge in [-0.2, -0.15) is 0 Å². The molecule has 0 aliphatic rings. The van der Waals surface area contributed by atoms with Gasteiger partial charge in [-0.3, -0.25) is 14.4 Å². The average Bonchev–Trinajstić information content (AvgIpc) is 3.39. The van der Waals surface area contributed by atoms with Gasteiger partial charge in [-0.1, -0.05) is 246 Å². The van der Waals surface area contributed by atoms with Crippen molar-refractivity contribution in [1.82, 2.24) is 0 Å². The van der Waals surface area contributed by atoms with E-state index in [0.29, 0.717) is 19.3 Å². The highest BCUT2D eigenvalue weighted by molar-refractivity contribution is 5.71. The molecule has 0 amide bonds. The third-order valence-electron chi connectivity index (χ3n) is 12.7. The van der Waals surface area contributed by atoms with Crippen molar-refractivity contribution < 1.29 is 28.6 Å². The molecule has 0 N–H and O–H groups in total. The molecule has 1 unspecified atom stereocenters. The quantitative estimate of drug-likeness (QED) is 0.0261. The van der Waals surface area contributed by atoms with E-state index in [2.05, 4.69) is 130 Å². The number of carbonyl (C=O) groups excluding carboxylic acids is 3. The van der Waals surface area contributed by atoms with E-state index in [9.17, 15) is 14.4 Å². The molecule has 6 nitrogen and oxygen atoms in total. The Morgan fingerprint density at radius 3 is 0.849 bits per heavy atom. The summed E-state index contributed by atoms with van der Waals surface area (Å²) < 4.78 is 16.9. The number of unbranched alkanes of at least 4 members (excludes halogenated alkanes) is 25. The van der Waals surface area contributed by atoms with Crippen LogP contribution in [0.2, 0.25) is 0 Å². The Bertz CT molecular complexity index is 1490. The van der Waals surface area contributed by atoms with Gasteiger partial charge in [0.25, 0.3) is 0 Å². The topological polar surface area (TPSA) is 78.9 Å². The van der Waals surface area contributed by atoms with Crippen molar-refractivity contribution in [2.24, 2.45) is 0 Å². The summed E-state index contributed by atoms with van der Waals surface area (Å²) in [6.45, 7) is 6.39. The van der Waals surface area contributed by atoms with Crippen LogP contribution in [0, 0.1) is 0 Å². The Balaban J connectivity index is 4.38. The van der Waals surface area contributed by atoms with E-state index in [4.69, 9.17) is 14.2 Å². The predicted octanol–water partition coefficient (Wildman–Crippen LogP) is 20.7. The minimum Gasteiger partial charge on any atom is -0.462 e. The SMILES string of the molecule is CC/C=C\C/C=C\C/C=C\C/C=C\CCCCCCCCCCCCC(=O)OCC(COC(=O)CCCCCCC/C=C\CCCCCC)OC(=O)CCCCCCCC/C=C\C/C=C\C/C=C\C/C=C\CC. The smallest absolute Gasteiger partial charge is 0.306 e. The van der Waals surface area contributed by atoms with Crippen LogP contribution in [0.4, 0.5) is 0 Å². The van der Waals surface area contributed by atoms with Crippen LogP contribution >= 0.6 is 0 Å². The van der Waals surface area contributed by atoms with Crippen LogP contribution in [-0.2, 0) is 28.6 Å². The minimum absolute atomic E-state index is 0.0895. The van der Waals surface area contributed by atoms with Crippen LogP contribution in [0.25, 0.3) is 0 Å². The van der Waals surface area contributed by atoms with Gasteiger partial charge in [0.05, 0.1) is 0 Å². The molecule has 0 aliphatic heterocycles. The molecule has 0 spiro atoms. The third kappa shape index (κ3) is 58.8. The lowest BCUT2D eigenvalue weighted by Crippen LogP contribution is -2.30. The number of hydrogen-bond acceptors (Lipinski definition) is 6. The summed E-state index contributed by atoms with van der Waals surface area (Å²) in [5, 5.41) is 0. The number of rotatable bonds is 54. The van der Waals surface area contributed by atoms with Crippen molar-refractivity contribution in [3.05, 3.63) is 109 Å². The van der Waals surface area contributed by atoms with Crippen molar-refractivity contribution in [3.63, 3.8) is 0 Å². The van der Waals surface area contributed by atoms with Crippen LogP contribution in [0.5, 0.6) is 0 Å². The summed E-state index contributed by atoms with van der Waals surface area (Å²) in [6, 6.07) is 0. The summed E-state index contributed by atoms with van der Waals surface area (Å²) in [4.78, 5) is 38.2. The maximum atomic E-state index is 12.9. The highest BCUT2D eigenvalue weighted by Crippen LogP contribution is 2.15. The first-order valence-electron chi connectivity index (χ1n) is 30.4. The average molecular weight is 1010 g/mol. The molecule has 0 aromatic heterocycles. The zero-order valence-corrected chi connectivity index (χ0v) is 47.6. The second kappa shape index (κ2) is 60.6.